The van der Waals surface area contributed by atoms with Crippen LogP contribution in [0.5, 0.6) is 0 Å². The maximum Gasteiger partial charge on any atom is 0.0211 e. The van der Waals surface area contributed by atoms with Gasteiger partial charge in [0.1, 0.15) is 0 Å². The molecule has 2 aliphatic rings. The molecule has 1 fully saturated rings. The average Bonchev–Trinajstić information content (AvgIpc) is 3.35. The zero-order valence-electron chi connectivity index (χ0n) is 12.7. The Kier molecular flexibility index (Phi) is 3.31. The lowest BCUT2D eigenvalue weighted by Crippen LogP contribution is -2.35. The third kappa shape index (κ3) is 2.40. The van der Waals surface area contributed by atoms with E-state index in [1.165, 1.54) is 30.4 Å². The summed E-state index contributed by atoms with van der Waals surface area (Å²) in [5, 5.41) is 3.65. The molecule has 1 nitrogen and oxygen atoms in total. The summed E-state index contributed by atoms with van der Waals surface area (Å²) in [4.78, 5) is 0. The summed E-state index contributed by atoms with van der Waals surface area (Å²) in [6.07, 6.45) is 3.76. The highest BCUT2D eigenvalue weighted by Crippen LogP contribution is 2.55. The number of fused-ring (bicyclic) bond motifs is 1. The first-order chi connectivity index (χ1) is 10.4. The second-order valence-corrected chi connectivity index (χ2v) is 6.53. The minimum Gasteiger partial charge on any atom is -0.310 e. The molecule has 1 heteroatoms. The quantitative estimate of drug-likeness (QED) is 0.877. The maximum atomic E-state index is 3.65. The molecule has 1 heterocycles. The van der Waals surface area contributed by atoms with Crippen LogP contribution in [-0.4, -0.2) is 6.04 Å². The fraction of sp³-hybridized carbons (Fsp3) is 0.400. The van der Waals surface area contributed by atoms with Gasteiger partial charge in [-0.1, -0.05) is 55.5 Å². The van der Waals surface area contributed by atoms with Crippen molar-refractivity contribution in [1.29, 1.82) is 0 Å². The molecule has 1 saturated carbocycles. The third-order valence-electron chi connectivity index (χ3n) is 5.25. The SMILES string of the molecule is CCC1Cc2c(cccc2[C@@H]2C[C@H]2c2ccccc2)CN1. The van der Waals surface area contributed by atoms with Gasteiger partial charge in [-0.05, 0) is 53.4 Å². The van der Waals surface area contributed by atoms with Crippen LogP contribution in [0, 0.1) is 0 Å². The summed E-state index contributed by atoms with van der Waals surface area (Å²) in [5.74, 6) is 1.49. The van der Waals surface area contributed by atoms with E-state index in [1.54, 1.807) is 11.1 Å². The molecular formula is C20H23N. The number of benzene rings is 2. The molecule has 2 aromatic rings. The van der Waals surface area contributed by atoms with E-state index in [-0.39, 0.29) is 0 Å². The summed E-state index contributed by atoms with van der Waals surface area (Å²) < 4.78 is 0. The number of rotatable bonds is 3. The summed E-state index contributed by atoms with van der Waals surface area (Å²) in [7, 11) is 0. The molecule has 0 bridgehead atoms. The molecule has 2 aromatic carbocycles. The van der Waals surface area contributed by atoms with Gasteiger partial charge >= 0.3 is 0 Å². The molecule has 108 valence electrons. The van der Waals surface area contributed by atoms with E-state index in [0.717, 1.165) is 18.4 Å². The van der Waals surface area contributed by atoms with E-state index in [0.29, 0.717) is 6.04 Å². The first-order valence-corrected chi connectivity index (χ1v) is 8.25. The number of hydrogen-bond donors (Lipinski definition) is 1. The standard InChI is InChI=1S/C20H23N/c1-2-16-11-18-15(13-21-16)9-6-10-17(18)20-12-19(20)14-7-4-3-5-8-14/h3-10,16,19-21H,2,11-13H2,1H3/t16?,19-,20-/m0/s1. The molecule has 21 heavy (non-hydrogen) atoms. The second-order valence-electron chi connectivity index (χ2n) is 6.53. The Bertz CT molecular complexity index is 632. The highest BCUT2D eigenvalue weighted by molar-refractivity contribution is 5.45. The Morgan fingerprint density at radius 3 is 2.67 bits per heavy atom. The largest absolute Gasteiger partial charge is 0.310 e. The van der Waals surface area contributed by atoms with Crippen molar-refractivity contribution in [2.75, 3.05) is 0 Å². The summed E-state index contributed by atoms with van der Waals surface area (Å²) in [6.45, 7) is 3.33. The predicted octanol–water partition coefficient (Wildman–Crippen LogP) is 4.38. The fourth-order valence-electron chi connectivity index (χ4n) is 3.89. The highest BCUT2D eigenvalue weighted by atomic mass is 14.9. The molecule has 1 unspecified atom stereocenters. The first kappa shape index (κ1) is 13.1. The molecule has 1 aliphatic heterocycles. The Morgan fingerprint density at radius 1 is 1.00 bits per heavy atom. The van der Waals surface area contributed by atoms with Gasteiger partial charge in [0.2, 0.25) is 0 Å². The average molecular weight is 277 g/mol. The smallest absolute Gasteiger partial charge is 0.0211 e. The summed E-state index contributed by atoms with van der Waals surface area (Å²) >= 11 is 0. The minimum atomic E-state index is 0.660. The van der Waals surface area contributed by atoms with Crippen molar-refractivity contribution in [2.24, 2.45) is 0 Å². The van der Waals surface area contributed by atoms with Gasteiger partial charge in [0.25, 0.3) is 0 Å². The van der Waals surface area contributed by atoms with Crippen molar-refractivity contribution in [3.8, 4) is 0 Å². The Hall–Kier alpha value is -1.60. The monoisotopic (exact) mass is 277 g/mol. The van der Waals surface area contributed by atoms with Crippen LogP contribution in [0.1, 0.15) is 53.9 Å². The normalized spacial score (nSPS) is 27.2. The Morgan fingerprint density at radius 2 is 1.86 bits per heavy atom. The van der Waals surface area contributed by atoms with E-state index in [1.807, 2.05) is 0 Å². The summed E-state index contributed by atoms with van der Waals surface area (Å²) in [5.41, 5.74) is 6.31. The van der Waals surface area contributed by atoms with E-state index < -0.39 is 0 Å². The van der Waals surface area contributed by atoms with Crippen molar-refractivity contribution >= 4 is 0 Å². The van der Waals surface area contributed by atoms with E-state index in [2.05, 4.69) is 60.8 Å². The van der Waals surface area contributed by atoms with Crippen LogP contribution >= 0.6 is 0 Å². The van der Waals surface area contributed by atoms with E-state index in [9.17, 15) is 0 Å². The first-order valence-electron chi connectivity index (χ1n) is 8.25. The molecule has 0 spiro atoms. The van der Waals surface area contributed by atoms with Gasteiger partial charge in [-0.15, -0.1) is 0 Å². The van der Waals surface area contributed by atoms with Gasteiger partial charge in [0, 0.05) is 12.6 Å². The lowest BCUT2D eigenvalue weighted by molar-refractivity contribution is 0.465. The molecule has 0 radical (unpaired) electrons. The second kappa shape index (κ2) is 5.31. The lowest BCUT2D eigenvalue weighted by Gasteiger charge is -2.27. The fourth-order valence-corrected chi connectivity index (χ4v) is 3.89. The van der Waals surface area contributed by atoms with Crippen LogP contribution in [0.25, 0.3) is 0 Å². The van der Waals surface area contributed by atoms with Crippen LogP contribution in [0.3, 0.4) is 0 Å². The summed E-state index contributed by atoms with van der Waals surface area (Å²) in [6, 6.07) is 18.6. The molecule has 0 amide bonds. The Labute approximate surface area is 127 Å². The number of nitrogens with one attached hydrogen (secondary N) is 1. The van der Waals surface area contributed by atoms with Gasteiger partial charge in [0.15, 0.2) is 0 Å². The highest BCUT2D eigenvalue weighted by Gasteiger charge is 2.41. The molecule has 0 aromatic heterocycles. The lowest BCUT2D eigenvalue weighted by atomic mass is 9.88. The molecule has 3 atom stereocenters. The van der Waals surface area contributed by atoms with Crippen LogP contribution in [0.4, 0.5) is 0 Å². The maximum absolute atomic E-state index is 3.65. The van der Waals surface area contributed by atoms with Gasteiger partial charge in [-0.3, -0.25) is 0 Å². The molecular weight excluding hydrogens is 254 g/mol. The van der Waals surface area contributed by atoms with E-state index >= 15 is 0 Å². The van der Waals surface area contributed by atoms with E-state index in [4.69, 9.17) is 0 Å². The van der Waals surface area contributed by atoms with Gasteiger partial charge < -0.3 is 5.32 Å². The molecule has 0 saturated heterocycles. The van der Waals surface area contributed by atoms with Crippen LogP contribution < -0.4 is 5.32 Å². The van der Waals surface area contributed by atoms with Gasteiger partial charge in [0.05, 0.1) is 0 Å². The number of hydrogen-bond acceptors (Lipinski definition) is 1. The van der Waals surface area contributed by atoms with Crippen LogP contribution in [0.2, 0.25) is 0 Å². The molecule has 1 aliphatic carbocycles. The van der Waals surface area contributed by atoms with Crippen LogP contribution in [0.15, 0.2) is 48.5 Å². The molecule has 4 rings (SSSR count). The van der Waals surface area contributed by atoms with Crippen molar-refractivity contribution in [3.05, 3.63) is 70.8 Å². The minimum absolute atomic E-state index is 0.660. The predicted molar refractivity (Wildman–Crippen MR) is 87.6 cm³/mol. The third-order valence-corrected chi connectivity index (χ3v) is 5.25. The zero-order valence-corrected chi connectivity index (χ0v) is 12.7. The molecule has 1 N–H and O–H groups in total. The topological polar surface area (TPSA) is 12.0 Å². The van der Waals surface area contributed by atoms with Gasteiger partial charge in [-0.25, -0.2) is 0 Å². The van der Waals surface area contributed by atoms with Crippen molar-refractivity contribution in [3.63, 3.8) is 0 Å². The Balaban J connectivity index is 1.63. The zero-order chi connectivity index (χ0) is 14.2. The van der Waals surface area contributed by atoms with Gasteiger partial charge in [-0.2, -0.15) is 0 Å². The van der Waals surface area contributed by atoms with Crippen molar-refractivity contribution in [1.82, 2.24) is 5.32 Å². The van der Waals surface area contributed by atoms with Crippen LogP contribution in [-0.2, 0) is 13.0 Å². The van der Waals surface area contributed by atoms with Crippen molar-refractivity contribution < 1.29 is 0 Å². The van der Waals surface area contributed by atoms with Crippen molar-refractivity contribution in [2.45, 2.75) is 50.6 Å².